The number of carbonyl (C=O) groups excluding carboxylic acids is 5. The van der Waals surface area contributed by atoms with Gasteiger partial charge in [0.15, 0.2) is 0 Å². The number of amides is 4. The first-order valence-electron chi connectivity index (χ1n) is 33.4. The van der Waals surface area contributed by atoms with Crippen LogP contribution in [0.1, 0.15) is 152 Å². The highest BCUT2D eigenvalue weighted by atomic mass is 127. The molecule has 12 N–H and O–H groups in total. The predicted octanol–water partition coefficient (Wildman–Crippen LogP) is 4.93. The van der Waals surface area contributed by atoms with Crippen molar-refractivity contribution in [2.24, 2.45) is 5.92 Å². The summed E-state index contributed by atoms with van der Waals surface area (Å²) in [5, 5.41) is 81.0. The summed E-state index contributed by atoms with van der Waals surface area (Å²) in [6, 6.07) is 11.8. The number of carbonyl (C=O) groups is 12. The van der Waals surface area contributed by atoms with E-state index in [1.165, 1.54) is 0 Å². The lowest BCUT2D eigenvalue weighted by molar-refractivity contribution is -0.143. The van der Waals surface area contributed by atoms with Crippen LogP contribution in [0.4, 0.5) is 4.79 Å². The number of nitrogens with zero attached hydrogens (tertiary/aromatic N) is 4. The molecule has 28 nitrogen and oxygen atoms in total. The van der Waals surface area contributed by atoms with E-state index in [-0.39, 0.29) is 147 Å². The highest BCUT2D eigenvalue weighted by Gasteiger charge is 2.30. The van der Waals surface area contributed by atoms with Gasteiger partial charge in [0.2, 0.25) is 11.8 Å². The number of nitrogens with one attached hydrogen (secondary N) is 5. The van der Waals surface area contributed by atoms with E-state index >= 15 is 0 Å². The smallest absolute Gasteiger partial charge is 0.326 e. The van der Waals surface area contributed by atoms with Crippen molar-refractivity contribution >= 4 is 111 Å². The molecule has 1 saturated heterocycles. The van der Waals surface area contributed by atoms with Gasteiger partial charge in [-0.2, -0.15) is 0 Å². The molecule has 1 fully saturated rings. The van der Waals surface area contributed by atoms with Crippen LogP contribution in [0, 0.1) is 9.49 Å². The van der Waals surface area contributed by atoms with Gasteiger partial charge in [-0.05, 0) is 128 Å². The Morgan fingerprint density at radius 1 is 0.464 bits per heavy atom. The Morgan fingerprint density at radius 2 is 0.969 bits per heavy atom. The molecule has 0 radical (unpaired) electrons. The van der Waals surface area contributed by atoms with Crippen molar-refractivity contribution in [2.75, 3.05) is 91.6 Å². The highest BCUT2D eigenvalue weighted by molar-refractivity contribution is 14.1. The molecule has 1 aliphatic rings. The van der Waals surface area contributed by atoms with Crippen LogP contribution >= 0.6 is 34.8 Å². The molecule has 2 aromatic carbocycles. The van der Waals surface area contributed by atoms with Gasteiger partial charge in [0, 0.05) is 126 Å². The predicted molar refractivity (Wildman–Crippen MR) is 371 cm³/mol. The molecule has 4 amide bonds. The lowest BCUT2D eigenvalue weighted by atomic mass is 9.92. The molecule has 1 aliphatic heterocycles. The number of carboxylic acid groups (broad SMARTS) is 7. The number of carboxylic acids is 7. The molecule has 0 spiro atoms. The normalized spacial score (nSPS) is 15.2. The molecule has 0 aliphatic carbocycles. The summed E-state index contributed by atoms with van der Waals surface area (Å²) in [6.45, 7) is 0.479. The number of aliphatic carboxylic acids is 7. The number of thiocarbonyl (C=S) groups is 1. The fraction of sp³-hybridized carbons (Fsp3) is 0.627. The largest absolute Gasteiger partial charge is 0.481 e. The third-order valence-electron chi connectivity index (χ3n) is 16.5. The summed E-state index contributed by atoms with van der Waals surface area (Å²) < 4.78 is 1.13. The number of aryl methyl sites for hydroxylation is 1. The van der Waals surface area contributed by atoms with Gasteiger partial charge in [-0.1, -0.05) is 80.7 Å². The zero-order chi connectivity index (χ0) is 71.5. The SMILES string of the molecule is O=C(O)CCCNC(=O)N[C@@H](CCC(=O)CCCCCCCCC(=O)C[C@@H](CCCCNC(=S)Cc1ccc(CC2CN(CC(=O)O)CCN(CC(=O)O)CCN(CC(=O)O)CCN2CC(=O)O)cc1)C(=O)N[C@@H](CCCCNC(=O)CCCc1ccc(I)cc1)C(=O)O)C(=O)O. The topological polar surface area (TPSA) is 420 Å². The maximum absolute atomic E-state index is 13.9. The number of ketones is 2. The van der Waals surface area contributed by atoms with E-state index in [9.17, 15) is 88.2 Å². The van der Waals surface area contributed by atoms with Crippen LogP contribution in [0.5, 0.6) is 0 Å². The molecule has 1 unspecified atom stereocenters. The van der Waals surface area contributed by atoms with Crippen molar-refractivity contribution in [3.63, 3.8) is 0 Å². The summed E-state index contributed by atoms with van der Waals surface area (Å²) in [6.07, 6.45) is 9.14. The Balaban J connectivity index is 1.58. The fourth-order valence-corrected chi connectivity index (χ4v) is 11.9. The van der Waals surface area contributed by atoms with Gasteiger partial charge < -0.3 is 62.3 Å². The molecule has 540 valence electrons. The molecule has 2 aromatic rings. The molecule has 0 saturated carbocycles. The highest BCUT2D eigenvalue weighted by Crippen LogP contribution is 2.20. The third kappa shape index (κ3) is 40.3. The molecule has 30 heteroatoms. The summed E-state index contributed by atoms with van der Waals surface area (Å²) in [7, 11) is 0. The molecular formula is C67H100IN9O19S. The number of halogens is 1. The van der Waals surface area contributed by atoms with E-state index in [2.05, 4.69) is 49.2 Å². The number of benzene rings is 2. The fourth-order valence-electron chi connectivity index (χ4n) is 11.2. The van der Waals surface area contributed by atoms with E-state index in [1.807, 2.05) is 48.5 Å². The Bertz CT molecular complexity index is 2860. The van der Waals surface area contributed by atoms with Crippen LogP contribution in [0.3, 0.4) is 0 Å². The van der Waals surface area contributed by atoms with Gasteiger partial charge in [0.05, 0.1) is 31.2 Å². The third-order valence-corrected chi connectivity index (χ3v) is 17.6. The van der Waals surface area contributed by atoms with Gasteiger partial charge in [-0.15, -0.1) is 0 Å². The van der Waals surface area contributed by atoms with Crippen LogP contribution in [0.2, 0.25) is 0 Å². The van der Waals surface area contributed by atoms with Gasteiger partial charge >= 0.3 is 47.8 Å². The van der Waals surface area contributed by atoms with Crippen molar-refractivity contribution in [3.05, 3.63) is 68.8 Å². The minimum absolute atomic E-state index is 0.0441. The Labute approximate surface area is 585 Å². The van der Waals surface area contributed by atoms with E-state index in [4.69, 9.17) is 17.3 Å². The quantitative estimate of drug-likeness (QED) is 0.0237. The van der Waals surface area contributed by atoms with Crippen LogP contribution in [0.15, 0.2) is 48.5 Å². The molecule has 4 atom stereocenters. The zero-order valence-corrected chi connectivity index (χ0v) is 58.4. The minimum atomic E-state index is -1.30. The van der Waals surface area contributed by atoms with Crippen molar-refractivity contribution in [1.82, 2.24) is 46.2 Å². The van der Waals surface area contributed by atoms with Crippen molar-refractivity contribution in [1.29, 1.82) is 0 Å². The Kier molecular flexibility index (Phi) is 41.9. The first-order valence-corrected chi connectivity index (χ1v) is 34.9. The zero-order valence-electron chi connectivity index (χ0n) is 55.4. The van der Waals surface area contributed by atoms with E-state index in [1.54, 1.807) is 19.6 Å². The average molecular weight is 1490 g/mol. The second-order valence-electron chi connectivity index (χ2n) is 24.7. The molecule has 97 heavy (non-hydrogen) atoms. The number of Topliss-reactive ketones (excluding diaryl/α,β-unsaturated/α-hetero) is 2. The summed E-state index contributed by atoms with van der Waals surface area (Å²) in [5.41, 5.74) is 2.81. The number of unbranched alkanes of at least 4 members (excludes halogenated alkanes) is 7. The van der Waals surface area contributed by atoms with Crippen LogP contribution < -0.4 is 26.6 Å². The van der Waals surface area contributed by atoms with E-state index in [0.29, 0.717) is 88.7 Å². The summed E-state index contributed by atoms with van der Waals surface area (Å²) in [5.74, 6) is -9.71. The van der Waals surface area contributed by atoms with Crippen LogP contribution in [-0.4, -0.2) is 241 Å². The number of hydrogen-bond donors (Lipinski definition) is 12. The first-order chi connectivity index (χ1) is 46.2. The van der Waals surface area contributed by atoms with Gasteiger partial charge in [-0.3, -0.25) is 62.8 Å². The maximum atomic E-state index is 13.9. The van der Waals surface area contributed by atoms with E-state index < -0.39 is 84.3 Å². The molecule has 1 heterocycles. The van der Waals surface area contributed by atoms with Crippen molar-refractivity contribution < 1.29 is 93.3 Å². The number of urea groups is 1. The molecule has 0 aromatic heterocycles. The van der Waals surface area contributed by atoms with Gasteiger partial charge in [-0.25, -0.2) is 14.4 Å². The Hall–Kier alpha value is -7.26. The number of hydrogen-bond acceptors (Lipinski definition) is 17. The Morgan fingerprint density at radius 3 is 1.56 bits per heavy atom. The molecule has 0 bridgehead atoms. The van der Waals surface area contributed by atoms with Crippen molar-refractivity contribution in [2.45, 2.75) is 172 Å². The lowest BCUT2D eigenvalue weighted by Crippen LogP contribution is -2.53. The molecular weight excluding hydrogens is 1390 g/mol. The van der Waals surface area contributed by atoms with E-state index in [0.717, 1.165) is 45.9 Å². The summed E-state index contributed by atoms with van der Waals surface area (Å²) >= 11 is 7.95. The minimum Gasteiger partial charge on any atom is -0.481 e. The molecule has 3 rings (SSSR count). The summed E-state index contributed by atoms with van der Waals surface area (Å²) in [4.78, 5) is 154. The second kappa shape index (κ2) is 48.5. The maximum Gasteiger partial charge on any atom is 0.326 e. The van der Waals surface area contributed by atoms with Crippen LogP contribution in [-0.2, 0) is 72.0 Å². The first kappa shape index (κ1) is 84.0. The van der Waals surface area contributed by atoms with Gasteiger partial charge in [0.25, 0.3) is 0 Å². The van der Waals surface area contributed by atoms with Crippen molar-refractivity contribution in [3.8, 4) is 0 Å². The lowest BCUT2D eigenvalue weighted by Gasteiger charge is -2.37. The standard InChI is InChI=1S/C67H100IN9O19S/c68-51-26-24-47(25-27-51)13-11-18-57(80)69-30-10-8-17-55(65(92)93)72-64(91)50(41-54(79)16-6-4-2-1-3-5-15-53(78)28-29-56(66(94)95)73-67(96)71-32-12-19-59(81)82)14-7-9-31-70-58(97)40-49-22-20-48(21-23-49)39-52-42-76(45-62(87)88)36-35-74(43-60(83)84)33-34-75(44-61(85)86)37-38-77(52)46-63(89)90/h20-27,50,52,55-56H,1-19,28-46H2,(H,69,80)(H,70,97)(H,72,91)(H,81,82)(H,83,84)(H,85,86)(H,87,88)(H,89,90)(H,92,93)(H,94,95)(H2,71,73,96)/t50-,52?,55+,56+/m1/s1. The average Bonchev–Trinajstić information content (AvgIpc) is 1.12. The van der Waals surface area contributed by atoms with Gasteiger partial charge in [0.1, 0.15) is 23.7 Å². The van der Waals surface area contributed by atoms with Crippen LogP contribution in [0.25, 0.3) is 0 Å². The monoisotopic (exact) mass is 1490 g/mol. The second-order valence-corrected chi connectivity index (χ2v) is 26.4. The number of rotatable bonds is 49.